The van der Waals surface area contributed by atoms with Gasteiger partial charge in [-0.15, -0.1) is 0 Å². The van der Waals surface area contributed by atoms with E-state index in [1.54, 1.807) is 19.2 Å². The summed E-state index contributed by atoms with van der Waals surface area (Å²) in [5, 5.41) is 0. The Morgan fingerprint density at radius 1 is 0.889 bits per heavy atom. The summed E-state index contributed by atoms with van der Waals surface area (Å²) < 4.78 is 56.8. The van der Waals surface area contributed by atoms with Crippen LogP contribution in [0.4, 0.5) is 13.2 Å². The van der Waals surface area contributed by atoms with Crippen molar-refractivity contribution in [2.45, 2.75) is 30.9 Å². The lowest BCUT2D eigenvalue weighted by Gasteiger charge is -2.35. The molecule has 0 saturated carbocycles. The maximum atomic E-state index is 13.1. The molecule has 1 fully saturated rings. The first kappa shape index (κ1) is 24.5. The van der Waals surface area contributed by atoms with Crippen molar-refractivity contribution in [3.63, 3.8) is 0 Å². The number of fused-ring (bicyclic) bond motifs is 1. The molecule has 0 bridgehead atoms. The molecule has 2 aliphatic rings. The normalized spacial score (nSPS) is 20.0. The van der Waals surface area contributed by atoms with E-state index in [0.29, 0.717) is 19.0 Å². The summed E-state index contributed by atoms with van der Waals surface area (Å²) in [5.41, 5.74) is 2.19. The van der Waals surface area contributed by atoms with Gasteiger partial charge in [0, 0.05) is 30.0 Å². The minimum absolute atomic E-state index is 0.0879. The number of nitrogens with zero attached hydrogens (tertiary/aromatic N) is 1. The lowest BCUT2D eigenvalue weighted by atomic mass is 9.75. The molecule has 4 nitrogen and oxygen atoms in total. The lowest BCUT2D eigenvalue weighted by molar-refractivity contribution is -0.137. The molecule has 190 valence electrons. The molecular weight excluding hydrogens is 467 g/mol. The zero-order valence-electron chi connectivity index (χ0n) is 20.3. The van der Waals surface area contributed by atoms with Crippen molar-refractivity contribution in [2.75, 3.05) is 40.0 Å². The Morgan fingerprint density at radius 2 is 1.56 bits per heavy atom. The Morgan fingerprint density at radius 3 is 2.22 bits per heavy atom. The van der Waals surface area contributed by atoms with Crippen molar-refractivity contribution in [3.05, 3.63) is 89.0 Å². The highest BCUT2D eigenvalue weighted by Crippen LogP contribution is 2.47. The van der Waals surface area contributed by atoms with Crippen LogP contribution >= 0.6 is 0 Å². The van der Waals surface area contributed by atoms with E-state index in [9.17, 15) is 13.2 Å². The summed E-state index contributed by atoms with van der Waals surface area (Å²) in [6.07, 6.45) is -1.85. The van der Waals surface area contributed by atoms with Crippen LogP contribution in [0.2, 0.25) is 0 Å². The van der Waals surface area contributed by atoms with Gasteiger partial charge in [-0.3, -0.25) is 4.90 Å². The average molecular weight is 498 g/mol. The molecule has 0 spiro atoms. The first-order valence-electron chi connectivity index (χ1n) is 12.4. The van der Waals surface area contributed by atoms with E-state index in [1.165, 1.54) is 12.8 Å². The smallest absolute Gasteiger partial charge is 0.416 e. The van der Waals surface area contributed by atoms with E-state index in [-0.39, 0.29) is 11.8 Å². The summed E-state index contributed by atoms with van der Waals surface area (Å²) in [4.78, 5) is 2.41. The van der Waals surface area contributed by atoms with Crippen LogP contribution in [0.1, 0.15) is 46.9 Å². The number of benzene rings is 3. The molecule has 1 saturated heterocycles. The molecule has 3 aromatic rings. The van der Waals surface area contributed by atoms with Crippen molar-refractivity contribution in [2.24, 2.45) is 0 Å². The summed E-state index contributed by atoms with van der Waals surface area (Å²) >= 11 is 0. The number of ether oxygens (including phenoxy) is 3. The van der Waals surface area contributed by atoms with Crippen LogP contribution in [0.25, 0.3) is 0 Å². The van der Waals surface area contributed by atoms with Gasteiger partial charge in [-0.05, 0) is 67.4 Å². The number of methoxy groups -OCH3 is 1. The van der Waals surface area contributed by atoms with Crippen LogP contribution in [0, 0.1) is 0 Å². The van der Waals surface area contributed by atoms with Gasteiger partial charge in [0.1, 0.15) is 23.9 Å². The Labute approximate surface area is 209 Å². The number of alkyl halides is 3. The molecule has 3 aromatic carbocycles. The Balaban J connectivity index is 1.41. The molecule has 0 amide bonds. The largest absolute Gasteiger partial charge is 0.497 e. The molecule has 7 heteroatoms. The van der Waals surface area contributed by atoms with Crippen molar-refractivity contribution >= 4 is 0 Å². The highest BCUT2D eigenvalue weighted by molar-refractivity contribution is 5.51. The molecule has 2 heterocycles. The quantitative estimate of drug-likeness (QED) is 0.373. The minimum atomic E-state index is -4.37. The zero-order chi connectivity index (χ0) is 25.1. The second-order valence-electron chi connectivity index (χ2n) is 9.38. The number of likely N-dealkylation sites (tertiary alicyclic amines) is 1. The lowest BCUT2D eigenvalue weighted by Crippen LogP contribution is -2.25. The summed E-state index contributed by atoms with van der Waals surface area (Å²) in [6, 6.07) is 19.2. The predicted octanol–water partition coefficient (Wildman–Crippen LogP) is 6.50. The van der Waals surface area contributed by atoms with Crippen molar-refractivity contribution in [1.82, 2.24) is 4.90 Å². The summed E-state index contributed by atoms with van der Waals surface area (Å²) in [6.45, 7) is 4.20. The van der Waals surface area contributed by atoms with Gasteiger partial charge >= 0.3 is 6.18 Å². The highest BCUT2D eigenvalue weighted by atomic mass is 19.4. The summed E-state index contributed by atoms with van der Waals surface area (Å²) in [5.74, 6) is 2.01. The molecule has 2 aliphatic heterocycles. The van der Waals surface area contributed by atoms with E-state index < -0.39 is 11.7 Å². The maximum absolute atomic E-state index is 13.1. The fraction of sp³-hybridized carbons (Fsp3) is 0.379. The van der Waals surface area contributed by atoms with Crippen LogP contribution < -0.4 is 14.2 Å². The molecule has 36 heavy (non-hydrogen) atoms. The van der Waals surface area contributed by atoms with E-state index in [0.717, 1.165) is 60.0 Å². The molecule has 0 aliphatic carbocycles. The second kappa shape index (κ2) is 10.4. The van der Waals surface area contributed by atoms with Gasteiger partial charge in [0.2, 0.25) is 0 Å². The SMILES string of the molecule is COc1ccc2c(c1)OCC(c1ccc(C(F)(F)F)cc1)C2c1ccc(OCCN2CCCC2)cc1. The highest BCUT2D eigenvalue weighted by Gasteiger charge is 2.35. The van der Waals surface area contributed by atoms with E-state index in [4.69, 9.17) is 14.2 Å². The summed E-state index contributed by atoms with van der Waals surface area (Å²) in [7, 11) is 1.61. The zero-order valence-corrected chi connectivity index (χ0v) is 20.3. The predicted molar refractivity (Wildman–Crippen MR) is 132 cm³/mol. The second-order valence-corrected chi connectivity index (χ2v) is 9.38. The topological polar surface area (TPSA) is 30.9 Å². The maximum Gasteiger partial charge on any atom is 0.416 e. The number of hydrogen-bond donors (Lipinski definition) is 0. The van der Waals surface area contributed by atoms with Crippen LogP contribution in [0.15, 0.2) is 66.7 Å². The fourth-order valence-electron chi connectivity index (χ4n) is 5.21. The van der Waals surface area contributed by atoms with Gasteiger partial charge in [0.05, 0.1) is 19.3 Å². The van der Waals surface area contributed by atoms with Gasteiger partial charge in [0.25, 0.3) is 0 Å². The Kier molecular flexibility index (Phi) is 7.10. The van der Waals surface area contributed by atoms with Crippen molar-refractivity contribution in [3.8, 4) is 17.2 Å². The van der Waals surface area contributed by atoms with Gasteiger partial charge in [-0.2, -0.15) is 13.2 Å². The number of hydrogen-bond acceptors (Lipinski definition) is 4. The van der Waals surface area contributed by atoms with Crippen LogP contribution in [0.3, 0.4) is 0 Å². The first-order valence-corrected chi connectivity index (χ1v) is 12.4. The molecule has 2 atom stereocenters. The van der Waals surface area contributed by atoms with E-state index >= 15 is 0 Å². The molecule has 5 rings (SSSR count). The van der Waals surface area contributed by atoms with Gasteiger partial charge in [0.15, 0.2) is 0 Å². The van der Waals surface area contributed by atoms with Gasteiger partial charge in [-0.25, -0.2) is 0 Å². The third-order valence-electron chi connectivity index (χ3n) is 7.16. The number of rotatable bonds is 7. The average Bonchev–Trinajstić information content (AvgIpc) is 3.41. The fourth-order valence-corrected chi connectivity index (χ4v) is 5.21. The first-order chi connectivity index (χ1) is 17.4. The van der Waals surface area contributed by atoms with Crippen LogP contribution in [0.5, 0.6) is 17.2 Å². The Bertz CT molecular complexity index is 1160. The monoisotopic (exact) mass is 497 g/mol. The van der Waals surface area contributed by atoms with E-state index in [2.05, 4.69) is 4.90 Å². The van der Waals surface area contributed by atoms with Gasteiger partial charge < -0.3 is 14.2 Å². The van der Waals surface area contributed by atoms with E-state index in [1.807, 2.05) is 42.5 Å². The van der Waals surface area contributed by atoms with Crippen molar-refractivity contribution in [1.29, 1.82) is 0 Å². The third kappa shape index (κ3) is 5.31. The molecular formula is C29H30F3NO3. The molecule has 2 unspecified atom stereocenters. The number of halogens is 3. The Hall–Kier alpha value is -3.19. The van der Waals surface area contributed by atoms with Crippen molar-refractivity contribution < 1.29 is 27.4 Å². The van der Waals surface area contributed by atoms with Crippen LogP contribution in [-0.4, -0.2) is 44.9 Å². The minimum Gasteiger partial charge on any atom is -0.497 e. The van der Waals surface area contributed by atoms with Gasteiger partial charge in [-0.1, -0.05) is 30.3 Å². The molecule has 0 radical (unpaired) electrons. The third-order valence-corrected chi connectivity index (χ3v) is 7.16. The van der Waals surface area contributed by atoms with Crippen LogP contribution in [-0.2, 0) is 6.18 Å². The standard InChI is InChI=1S/C29H30F3NO3/c1-34-24-12-13-25-27(18-24)36-19-26(20-4-8-22(9-5-20)29(30,31)32)28(25)21-6-10-23(11-7-21)35-17-16-33-14-2-3-15-33/h4-13,18,26,28H,2-3,14-17,19H2,1H3. The molecule has 0 N–H and O–H groups in total. The molecule has 0 aromatic heterocycles.